The maximum Gasteiger partial charge on any atom is 0.434 e. The Morgan fingerprint density at radius 1 is 1.05 bits per heavy atom. The van der Waals surface area contributed by atoms with Gasteiger partial charge in [-0.2, -0.15) is 0 Å². The van der Waals surface area contributed by atoms with Gasteiger partial charge in [-0.3, -0.25) is 4.79 Å². The van der Waals surface area contributed by atoms with Gasteiger partial charge in [0.25, 0.3) is 5.91 Å². The Kier molecular flexibility index (Phi) is 6.50. The number of nitrogens with one attached hydrogen (secondary N) is 3. The fourth-order valence-electron chi connectivity index (χ4n) is 5.07. The van der Waals surface area contributed by atoms with Crippen LogP contribution in [0.15, 0.2) is 94.2 Å². The minimum Gasteiger partial charge on any atom is -0.388 e. The van der Waals surface area contributed by atoms with Gasteiger partial charge in [0.15, 0.2) is 0 Å². The lowest BCUT2D eigenvalue weighted by Gasteiger charge is -2.19. The summed E-state index contributed by atoms with van der Waals surface area (Å²) in [6.07, 6.45) is 6.50. The van der Waals surface area contributed by atoms with Crippen LogP contribution < -0.4 is 11.1 Å². The molecule has 0 spiro atoms. The molecule has 1 aliphatic carbocycles. The summed E-state index contributed by atoms with van der Waals surface area (Å²) in [5.41, 5.74) is 6.64. The SMILES string of the molecule is CCC[C@@H](NC(=O)c1ccc(C2=C(c3nc4ccccc4[nH]3)C=CC2)c(-c2n[nH]c(=O)o2)c1)c1ccccc1. The molecule has 1 amide bonds. The van der Waals surface area contributed by atoms with Gasteiger partial charge in [0.1, 0.15) is 5.82 Å². The Labute approximate surface area is 224 Å². The Morgan fingerprint density at radius 2 is 1.87 bits per heavy atom. The highest BCUT2D eigenvalue weighted by atomic mass is 16.4. The second kappa shape index (κ2) is 10.4. The molecule has 8 heteroatoms. The van der Waals surface area contributed by atoms with Crippen LogP contribution in [0.2, 0.25) is 0 Å². The molecular formula is C31H27N5O3. The molecule has 0 saturated heterocycles. The molecule has 3 aromatic carbocycles. The number of carbonyl (C=O) groups is 1. The van der Waals surface area contributed by atoms with E-state index in [1.165, 1.54) is 0 Å². The zero-order valence-electron chi connectivity index (χ0n) is 21.4. The summed E-state index contributed by atoms with van der Waals surface area (Å²) in [5.74, 6) is 0.00980. The minimum absolute atomic E-state index is 0.114. The predicted octanol–water partition coefficient (Wildman–Crippen LogP) is 6.05. The highest BCUT2D eigenvalue weighted by Crippen LogP contribution is 2.39. The summed E-state index contributed by atoms with van der Waals surface area (Å²) < 4.78 is 5.36. The number of imidazole rings is 1. The van der Waals surface area contributed by atoms with Crippen LogP contribution in [0.4, 0.5) is 0 Å². The summed E-state index contributed by atoms with van der Waals surface area (Å²) in [6.45, 7) is 2.09. The number of carbonyl (C=O) groups excluding carboxylic acids is 1. The first-order valence-corrected chi connectivity index (χ1v) is 13.0. The highest BCUT2D eigenvalue weighted by molar-refractivity contribution is 6.03. The molecule has 2 heterocycles. The number of benzene rings is 3. The molecule has 1 aliphatic rings. The average molecular weight is 518 g/mol. The molecule has 0 radical (unpaired) electrons. The van der Waals surface area contributed by atoms with E-state index in [1.54, 1.807) is 12.1 Å². The summed E-state index contributed by atoms with van der Waals surface area (Å²) >= 11 is 0. The number of H-pyrrole nitrogens is 2. The van der Waals surface area contributed by atoms with Crippen molar-refractivity contribution in [1.82, 2.24) is 25.5 Å². The average Bonchev–Trinajstić information content (AvgIpc) is 3.72. The van der Waals surface area contributed by atoms with Gasteiger partial charge < -0.3 is 14.7 Å². The van der Waals surface area contributed by atoms with E-state index in [-0.39, 0.29) is 17.8 Å². The first-order chi connectivity index (χ1) is 19.1. The standard InChI is InChI=1S/C31H27N5O3/c1-2-9-25(19-10-4-3-5-11-19)34-29(37)20-16-17-22(24(18-20)30-35-36-31(38)39-30)21-12-8-13-23(21)28-32-26-14-6-7-15-27(26)33-28/h3-8,10-11,13-18,25H,2,9,12H2,1H3,(H,32,33)(H,34,37)(H,36,38)/t25-/m1/s1. The van der Waals surface area contributed by atoms with Gasteiger partial charge in [-0.25, -0.2) is 14.9 Å². The van der Waals surface area contributed by atoms with Crippen LogP contribution in [0.25, 0.3) is 33.6 Å². The molecule has 0 unspecified atom stereocenters. The molecule has 3 N–H and O–H groups in total. The van der Waals surface area contributed by atoms with Gasteiger partial charge in [-0.1, -0.05) is 74.0 Å². The van der Waals surface area contributed by atoms with Gasteiger partial charge in [-0.15, -0.1) is 5.10 Å². The fraction of sp³-hybridized carbons (Fsp3) is 0.161. The number of aromatic nitrogens is 4. The number of aromatic amines is 2. The van der Waals surface area contributed by atoms with Crippen molar-refractivity contribution in [3.8, 4) is 11.5 Å². The number of fused-ring (bicyclic) bond motifs is 1. The van der Waals surface area contributed by atoms with Gasteiger partial charge in [0.05, 0.1) is 17.1 Å². The van der Waals surface area contributed by atoms with Gasteiger partial charge >= 0.3 is 5.76 Å². The number of rotatable bonds is 8. The van der Waals surface area contributed by atoms with Crippen molar-refractivity contribution in [3.63, 3.8) is 0 Å². The zero-order chi connectivity index (χ0) is 26.8. The largest absolute Gasteiger partial charge is 0.434 e. The molecular weight excluding hydrogens is 490 g/mol. The maximum absolute atomic E-state index is 13.4. The molecule has 5 aromatic rings. The quantitative estimate of drug-likeness (QED) is 0.232. The van der Waals surface area contributed by atoms with Crippen molar-refractivity contribution in [2.24, 2.45) is 0 Å². The smallest absolute Gasteiger partial charge is 0.388 e. The van der Waals surface area contributed by atoms with E-state index in [0.717, 1.165) is 52.0 Å². The van der Waals surface area contributed by atoms with Gasteiger partial charge in [-0.05, 0) is 53.8 Å². The molecule has 39 heavy (non-hydrogen) atoms. The lowest BCUT2D eigenvalue weighted by Crippen LogP contribution is -2.28. The van der Waals surface area contributed by atoms with Crippen molar-refractivity contribution in [3.05, 3.63) is 118 Å². The third-order valence-corrected chi connectivity index (χ3v) is 6.94. The van der Waals surface area contributed by atoms with Crippen LogP contribution in [-0.2, 0) is 0 Å². The van der Waals surface area contributed by atoms with Crippen molar-refractivity contribution in [2.45, 2.75) is 32.2 Å². The molecule has 0 saturated carbocycles. The van der Waals surface area contributed by atoms with E-state index in [2.05, 4.69) is 33.5 Å². The van der Waals surface area contributed by atoms with E-state index in [0.29, 0.717) is 17.5 Å². The Morgan fingerprint density at radius 3 is 2.64 bits per heavy atom. The summed E-state index contributed by atoms with van der Waals surface area (Å²) in [5, 5.41) is 9.60. The molecule has 2 aromatic heterocycles. The minimum atomic E-state index is -0.658. The van der Waals surface area contributed by atoms with Crippen molar-refractivity contribution in [2.75, 3.05) is 0 Å². The predicted molar refractivity (Wildman–Crippen MR) is 151 cm³/mol. The monoisotopic (exact) mass is 517 g/mol. The van der Waals surface area contributed by atoms with E-state index < -0.39 is 5.76 Å². The number of nitrogens with zero attached hydrogens (tertiary/aromatic N) is 2. The van der Waals surface area contributed by atoms with E-state index >= 15 is 0 Å². The third kappa shape index (κ3) is 4.84. The summed E-state index contributed by atoms with van der Waals surface area (Å²) in [4.78, 5) is 33.5. The first kappa shape index (κ1) is 24.4. The van der Waals surface area contributed by atoms with Crippen molar-refractivity contribution in [1.29, 1.82) is 0 Å². The van der Waals surface area contributed by atoms with E-state index in [1.807, 2.05) is 66.7 Å². The van der Waals surface area contributed by atoms with E-state index in [4.69, 9.17) is 9.40 Å². The topological polar surface area (TPSA) is 117 Å². The number of hydrogen-bond acceptors (Lipinski definition) is 5. The zero-order valence-corrected chi connectivity index (χ0v) is 21.4. The Balaban J connectivity index is 1.41. The number of allylic oxidation sites excluding steroid dienone is 4. The molecule has 6 rings (SSSR count). The Bertz CT molecular complexity index is 1740. The van der Waals surface area contributed by atoms with Gasteiger partial charge in [0, 0.05) is 16.7 Å². The van der Waals surface area contributed by atoms with Crippen molar-refractivity contribution >= 4 is 28.1 Å². The van der Waals surface area contributed by atoms with Crippen LogP contribution in [0.1, 0.15) is 59.5 Å². The summed E-state index contributed by atoms with van der Waals surface area (Å²) in [6, 6.07) is 23.1. The Hall–Kier alpha value is -4.98. The van der Waals surface area contributed by atoms with Crippen LogP contribution in [-0.4, -0.2) is 26.1 Å². The molecule has 0 fully saturated rings. The molecule has 8 nitrogen and oxygen atoms in total. The van der Waals surface area contributed by atoms with Gasteiger partial charge in [0.2, 0.25) is 5.89 Å². The second-order valence-electron chi connectivity index (χ2n) is 9.51. The number of para-hydroxylation sites is 2. The third-order valence-electron chi connectivity index (χ3n) is 6.94. The molecule has 194 valence electrons. The van der Waals surface area contributed by atoms with E-state index in [9.17, 15) is 9.59 Å². The lowest BCUT2D eigenvalue weighted by atomic mass is 9.93. The van der Waals surface area contributed by atoms with Crippen molar-refractivity contribution < 1.29 is 9.21 Å². The number of hydrogen-bond donors (Lipinski definition) is 3. The molecule has 0 aliphatic heterocycles. The number of amides is 1. The fourth-order valence-corrected chi connectivity index (χ4v) is 5.07. The van der Waals surface area contributed by atoms with Crippen LogP contribution >= 0.6 is 0 Å². The molecule has 1 atom stereocenters. The molecule has 0 bridgehead atoms. The van der Waals surface area contributed by atoms with Crippen LogP contribution in [0.3, 0.4) is 0 Å². The van der Waals surface area contributed by atoms with Crippen LogP contribution in [0.5, 0.6) is 0 Å². The van der Waals surface area contributed by atoms with Crippen LogP contribution in [0, 0.1) is 0 Å². The normalized spacial score (nSPS) is 13.8. The highest BCUT2D eigenvalue weighted by Gasteiger charge is 2.23. The summed E-state index contributed by atoms with van der Waals surface area (Å²) in [7, 11) is 0. The maximum atomic E-state index is 13.4. The lowest BCUT2D eigenvalue weighted by molar-refractivity contribution is 0.0934. The second-order valence-corrected chi connectivity index (χ2v) is 9.51. The first-order valence-electron chi connectivity index (χ1n) is 13.0.